The van der Waals surface area contributed by atoms with Crippen LogP contribution in [0, 0.1) is 0 Å². The summed E-state index contributed by atoms with van der Waals surface area (Å²) in [6, 6.07) is -0.802. The molecule has 156 valence electrons. The quantitative estimate of drug-likeness (QED) is 0.434. The van der Waals surface area contributed by atoms with Gasteiger partial charge in [0.25, 0.3) is 7.52 Å². The Morgan fingerprint density at radius 3 is 2.64 bits per heavy atom. The number of nitrogens with one attached hydrogen (secondary N) is 1. The summed E-state index contributed by atoms with van der Waals surface area (Å²) in [6.07, 6.45) is 2.14. The summed E-state index contributed by atoms with van der Waals surface area (Å²) >= 11 is 0. The Morgan fingerprint density at radius 2 is 2.00 bits per heavy atom. The molecule has 11 nitrogen and oxygen atoms in total. The lowest BCUT2D eigenvalue weighted by atomic mass is 10.4. The van der Waals surface area contributed by atoms with Gasteiger partial charge in [0.05, 0.1) is 25.1 Å². The molecule has 0 bridgehead atoms. The van der Waals surface area contributed by atoms with Gasteiger partial charge in [0.15, 0.2) is 11.5 Å². The molecule has 2 heterocycles. The SMILES string of the molecule is CO[P@@](=O)(CO[C@H](C)Cn1cnc2c(N)ncnc21)N[C@@H](C)C(=O)OC(C)C. The Kier molecular flexibility index (Phi) is 7.48. The van der Waals surface area contributed by atoms with E-state index in [1.54, 1.807) is 31.7 Å². The number of imidazole rings is 1. The van der Waals surface area contributed by atoms with Crippen LogP contribution in [0.25, 0.3) is 11.2 Å². The summed E-state index contributed by atoms with van der Waals surface area (Å²) in [5.74, 6) is -0.213. The van der Waals surface area contributed by atoms with Gasteiger partial charge in [0.2, 0.25) is 0 Å². The van der Waals surface area contributed by atoms with E-state index in [-0.39, 0.29) is 18.6 Å². The second-order valence-electron chi connectivity index (χ2n) is 6.63. The van der Waals surface area contributed by atoms with Gasteiger partial charge >= 0.3 is 5.97 Å². The number of anilines is 1. The van der Waals surface area contributed by atoms with Crippen molar-refractivity contribution in [3.63, 3.8) is 0 Å². The van der Waals surface area contributed by atoms with E-state index in [0.717, 1.165) is 0 Å². The van der Waals surface area contributed by atoms with Crippen LogP contribution in [-0.2, 0) is 29.9 Å². The predicted molar refractivity (Wildman–Crippen MR) is 104 cm³/mol. The number of rotatable bonds is 10. The zero-order valence-electron chi connectivity index (χ0n) is 16.7. The number of hydrogen-bond acceptors (Lipinski definition) is 9. The van der Waals surface area contributed by atoms with Crippen molar-refractivity contribution < 1.29 is 23.4 Å². The van der Waals surface area contributed by atoms with E-state index >= 15 is 0 Å². The molecule has 2 aromatic rings. The van der Waals surface area contributed by atoms with Gasteiger partial charge in [0.1, 0.15) is 24.2 Å². The highest BCUT2D eigenvalue weighted by molar-refractivity contribution is 7.56. The predicted octanol–water partition coefficient (Wildman–Crippen LogP) is 1.54. The highest BCUT2D eigenvalue weighted by Crippen LogP contribution is 2.42. The number of carbonyl (C=O) groups is 1. The molecule has 0 radical (unpaired) electrons. The molecular formula is C16H27N6O5P. The average molecular weight is 414 g/mol. The maximum absolute atomic E-state index is 12.8. The third-order valence-corrected chi connectivity index (χ3v) is 5.66. The van der Waals surface area contributed by atoms with Crippen molar-refractivity contribution in [1.82, 2.24) is 24.6 Å². The van der Waals surface area contributed by atoms with Crippen LogP contribution >= 0.6 is 7.52 Å². The Morgan fingerprint density at radius 1 is 1.29 bits per heavy atom. The summed E-state index contributed by atoms with van der Waals surface area (Å²) in [7, 11) is -2.10. The van der Waals surface area contributed by atoms with Crippen LogP contribution in [0.4, 0.5) is 5.82 Å². The average Bonchev–Trinajstić information content (AvgIpc) is 3.04. The first-order valence-corrected chi connectivity index (χ1v) is 10.6. The molecule has 2 aromatic heterocycles. The zero-order chi connectivity index (χ0) is 20.9. The second-order valence-corrected chi connectivity index (χ2v) is 8.86. The number of ether oxygens (including phenoxy) is 2. The van der Waals surface area contributed by atoms with Crippen molar-refractivity contribution in [3.05, 3.63) is 12.7 Å². The fourth-order valence-corrected chi connectivity index (χ4v) is 3.84. The van der Waals surface area contributed by atoms with E-state index in [4.69, 9.17) is 19.7 Å². The first kappa shape index (κ1) is 22.2. The number of hydrogen-bond donors (Lipinski definition) is 2. The molecule has 3 N–H and O–H groups in total. The normalized spacial score (nSPS) is 16.1. The molecule has 28 heavy (non-hydrogen) atoms. The molecule has 0 fully saturated rings. The highest BCUT2D eigenvalue weighted by Gasteiger charge is 2.29. The summed E-state index contributed by atoms with van der Waals surface area (Å²) in [5.41, 5.74) is 6.87. The molecule has 0 unspecified atom stereocenters. The fourth-order valence-electron chi connectivity index (χ4n) is 2.41. The number of nitrogens with two attached hydrogens (primary N) is 1. The molecular weight excluding hydrogens is 387 g/mol. The van der Waals surface area contributed by atoms with E-state index in [1.807, 2.05) is 6.92 Å². The van der Waals surface area contributed by atoms with Crippen molar-refractivity contribution in [3.8, 4) is 0 Å². The van der Waals surface area contributed by atoms with Gasteiger partial charge < -0.3 is 24.3 Å². The number of carbonyl (C=O) groups excluding carboxylic acids is 1. The molecule has 0 aliphatic rings. The molecule has 12 heteroatoms. The highest BCUT2D eigenvalue weighted by atomic mass is 31.2. The summed E-state index contributed by atoms with van der Waals surface area (Å²) in [4.78, 5) is 24.2. The Balaban J connectivity index is 1.95. The smallest absolute Gasteiger partial charge is 0.323 e. The number of fused-ring (bicyclic) bond motifs is 1. The Hall–Kier alpha value is -2.07. The van der Waals surface area contributed by atoms with E-state index in [9.17, 15) is 9.36 Å². The van der Waals surface area contributed by atoms with Crippen LogP contribution in [0.5, 0.6) is 0 Å². The lowest BCUT2D eigenvalue weighted by Gasteiger charge is -2.23. The van der Waals surface area contributed by atoms with E-state index in [2.05, 4.69) is 20.0 Å². The first-order chi connectivity index (χ1) is 13.1. The number of nitrogens with zero attached hydrogens (tertiary/aromatic N) is 4. The Labute approximate surface area is 163 Å². The molecule has 0 aliphatic heterocycles. The fraction of sp³-hybridized carbons (Fsp3) is 0.625. The van der Waals surface area contributed by atoms with Crippen LogP contribution in [0.15, 0.2) is 12.7 Å². The number of aromatic nitrogens is 4. The van der Waals surface area contributed by atoms with Crippen LogP contribution < -0.4 is 10.8 Å². The van der Waals surface area contributed by atoms with E-state index in [1.165, 1.54) is 13.4 Å². The van der Waals surface area contributed by atoms with Crippen LogP contribution in [0.1, 0.15) is 27.7 Å². The molecule has 0 spiro atoms. The minimum atomic E-state index is -3.40. The molecule has 0 saturated carbocycles. The summed E-state index contributed by atoms with van der Waals surface area (Å²) in [5, 5.41) is 2.68. The first-order valence-electron chi connectivity index (χ1n) is 8.81. The largest absolute Gasteiger partial charge is 0.462 e. The molecule has 0 aromatic carbocycles. The second kappa shape index (κ2) is 9.42. The van der Waals surface area contributed by atoms with Crippen molar-refractivity contribution in [2.24, 2.45) is 0 Å². The third kappa shape index (κ3) is 5.71. The van der Waals surface area contributed by atoms with Crippen LogP contribution in [-0.4, -0.2) is 57.2 Å². The van der Waals surface area contributed by atoms with Gasteiger partial charge in [-0.05, 0) is 27.7 Å². The summed E-state index contributed by atoms with van der Waals surface area (Å²) < 4.78 is 30.5. The third-order valence-electron chi connectivity index (χ3n) is 3.80. The minimum absolute atomic E-state index is 0.215. The van der Waals surface area contributed by atoms with Gasteiger partial charge in [-0.2, -0.15) is 0 Å². The minimum Gasteiger partial charge on any atom is -0.462 e. The Bertz CT molecular complexity index is 857. The number of esters is 1. The van der Waals surface area contributed by atoms with E-state index < -0.39 is 19.5 Å². The van der Waals surface area contributed by atoms with Gasteiger partial charge in [-0.15, -0.1) is 0 Å². The number of nitrogen functional groups attached to an aromatic ring is 1. The van der Waals surface area contributed by atoms with E-state index in [0.29, 0.717) is 23.5 Å². The molecule has 0 saturated heterocycles. The molecule has 0 amide bonds. The maximum atomic E-state index is 12.8. The van der Waals surface area contributed by atoms with Crippen molar-refractivity contribution in [2.45, 2.75) is 52.5 Å². The monoisotopic (exact) mass is 414 g/mol. The van der Waals surface area contributed by atoms with Gasteiger partial charge in [-0.25, -0.2) is 20.0 Å². The maximum Gasteiger partial charge on any atom is 0.323 e. The van der Waals surface area contributed by atoms with Gasteiger partial charge in [-0.1, -0.05) is 0 Å². The lowest BCUT2D eigenvalue weighted by molar-refractivity contribution is -0.149. The van der Waals surface area contributed by atoms with Crippen molar-refractivity contribution in [2.75, 3.05) is 19.2 Å². The van der Waals surface area contributed by atoms with Crippen LogP contribution in [0.3, 0.4) is 0 Å². The molecule has 2 rings (SSSR count). The van der Waals surface area contributed by atoms with Gasteiger partial charge in [0, 0.05) is 7.11 Å². The van der Waals surface area contributed by atoms with Gasteiger partial charge in [-0.3, -0.25) is 9.36 Å². The topological polar surface area (TPSA) is 143 Å². The standard InChI is InChI=1S/C16H27N6O5P/c1-10(2)27-16(23)12(4)21-28(24,25-5)9-26-11(3)6-22-8-20-13-14(17)18-7-19-15(13)22/h7-8,10-12H,6,9H2,1-5H3,(H,21,24)(H2,17,18,19)/t11-,12+,28+/m1/s1. The lowest BCUT2D eigenvalue weighted by Crippen LogP contribution is -2.36. The summed E-state index contributed by atoms with van der Waals surface area (Å²) in [6.45, 7) is 7.25. The van der Waals surface area contributed by atoms with Crippen LogP contribution in [0.2, 0.25) is 0 Å². The van der Waals surface area contributed by atoms with Crippen molar-refractivity contribution >= 4 is 30.5 Å². The zero-order valence-corrected chi connectivity index (χ0v) is 17.6. The molecule has 3 atom stereocenters. The van der Waals surface area contributed by atoms with Crippen molar-refractivity contribution in [1.29, 1.82) is 0 Å². The molecule has 0 aliphatic carbocycles.